The van der Waals surface area contributed by atoms with Gasteiger partial charge in [0.2, 0.25) is 0 Å². The molecule has 0 spiro atoms. The lowest BCUT2D eigenvalue weighted by molar-refractivity contribution is 0.0737. The largest absolute Gasteiger partial charge is 0.493 e. The molecule has 0 aromatic heterocycles. The molecule has 0 atom stereocenters. The molecule has 3 aromatic rings. The number of rotatable bonds is 5. The van der Waals surface area contributed by atoms with Gasteiger partial charge in [-0.25, -0.2) is 4.79 Å². The van der Waals surface area contributed by atoms with Gasteiger partial charge in [-0.3, -0.25) is 0 Å². The third kappa shape index (κ3) is 3.74. The maximum Gasteiger partial charge on any atom is 0.343 e. The summed E-state index contributed by atoms with van der Waals surface area (Å²) in [6.45, 7) is 4.84. The first-order valence-electron chi connectivity index (χ1n) is 8.06. The Bertz CT molecular complexity index is 830. The molecule has 0 N–H and O–H groups in total. The summed E-state index contributed by atoms with van der Waals surface area (Å²) >= 11 is 0. The number of esters is 1. The topological polar surface area (TPSA) is 35.5 Å². The van der Waals surface area contributed by atoms with E-state index in [0.29, 0.717) is 23.8 Å². The van der Waals surface area contributed by atoms with Gasteiger partial charge in [-0.1, -0.05) is 50.2 Å². The van der Waals surface area contributed by atoms with Gasteiger partial charge in [-0.2, -0.15) is 0 Å². The Morgan fingerprint density at radius 3 is 2.38 bits per heavy atom. The van der Waals surface area contributed by atoms with Crippen LogP contribution in [0, 0.1) is 5.92 Å². The van der Waals surface area contributed by atoms with Crippen molar-refractivity contribution < 1.29 is 14.3 Å². The number of carbonyl (C=O) groups is 1. The van der Waals surface area contributed by atoms with Crippen LogP contribution in [0.2, 0.25) is 0 Å². The summed E-state index contributed by atoms with van der Waals surface area (Å²) in [6.07, 6.45) is 0. The van der Waals surface area contributed by atoms with Crippen molar-refractivity contribution in [3.8, 4) is 11.5 Å². The quantitative estimate of drug-likeness (QED) is 0.485. The fraction of sp³-hybridized carbons (Fsp3) is 0.190. The van der Waals surface area contributed by atoms with Gasteiger partial charge in [-0.05, 0) is 41.6 Å². The average Bonchev–Trinajstić information content (AvgIpc) is 2.60. The molecule has 0 amide bonds. The number of fused-ring (bicyclic) bond motifs is 1. The maximum atomic E-state index is 12.4. The Morgan fingerprint density at radius 1 is 0.917 bits per heavy atom. The predicted molar refractivity (Wildman–Crippen MR) is 95.7 cm³/mol. The van der Waals surface area contributed by atoms with E-state index in [-0.39, 0.29) is 5.97 Å². The second kappa shape index (κ2) is 7.18. The highest BCUT2D eigenvalue weighted by Gasteiger charge is 2.11. The monoisotopic (exact) mass is 320 g/mol. The van der Waals surface area contributed by atoms with Crippen molar-refractivity contribution in [1.82, 2.24) is 0 Å². The van der Waals surface area contributed by atoms with Crippen LogP contribution >= 0.6 is 0 Å². The number of benzene rings is 3. The highest BCUT2D eigenvalue weighted by atomic mass is 16.5. The molecule has 0 saturated heterocycles. The van der Waals surface area contributed by atoms with Gasteiger partial charge >= 0.3 is 5.97 Å². The van der Waals surface area contributed by atoms with Gasteiger partial charge in [0.1, 0.15) is 11.5 Å². The molecule has 24 heavy (non-hydrogen) atoms. The Hall–Kier alpha value is -2.81. The van der Waals surface area contributed by atoms with Crippen LogP contribution in [0.15, 0.2) is 66.7 Å². The standard InChI is InChI=1S/C21H20O3/c1-15(2)14-23-18-12-10-17(11-13-18)21(22)24-20-9-5-7-16-6-3-4-8-19(16)20/h3-13,15H,14H2,1-2H3. The van der Waals surface area contributed by atoms with E-state index in [1.165, 1.54) is 0 Å². The molecular formula is C21H20O3. The summed E-state index contributed by atoms with van der Waals surface area (Å²) in [5.41, 5.74) is 0.500. The van der Waals surface area contributed by atoms with Crippen LogP contribution < -0.4 is 9.47 Å². The molecule has 122 valence electrons. The number of carbonyl (C=O) groups excluding carboxylic acids is 1. The zero-order valence-corrected chi connectivity index (χ0v) is 13.9. The van der Waals surface area contributed by atoms with E-state index in [4.69, 9.17) is 9.47 Å². The van der Waals surface area contributed by atoms with E-state index in [0.717, 1.165) is 16.5 Å². The van der Waals surface area contributed by atoms with E-state index in [1.807, 2.05) is 36.4 Å². The summed E-state index contributed by atoms with van der Waals surface area (Å²) in [5, 5.41) is 1.96. The van der Waals surface area contributed by atoms with E-state index in [1.54, 1.807) is 30.3 Å². The number of ether oxygens (including phenoxy) is 2. The Balaban J connectivity index is 1.74. The SMILES string of the molecule is CC(C)COc1ccc(C(=O)Oc2cccc3ccccc23)cc1. The molecule has 3 heteroatoms. The van der Waals surface area contributed by atoms with Gasteiger partial charge in [-0.15, -0.1) is 0 Å². The van der Waals surface area contributed by atoms with Gasteiger partial charge in [0.15, 0.2) is 0 Å². The molecule has 0 aliphatic rings. The highest BCUT2D eigenvalue weighted by Crippen LogP contribution is 2.26. The third-order valence-corrected chi connectivity index (χ3v) is 3.63. The fourth-order valence-electron chi connectivity index (χ4n) is 2.39. The number of hydrogen-bond acceptors (Lipinski definition) is 3. The lowest BCUT2D eigenvalue weighted by atomic mass is 10.1. The van der Waals surface area contributed by atoms with Crippen molar-refractivity contribution in [2.24, 2.45) is 5.92 Å². The van der Waals surface area contributed by atoms with Crippen LogP contribution in [0.5, 0.6) is 11.5 Å². The first-order valence-corrected chi connectivity index (χ1v) is 8.06. The summed E-state index contributed by atoms with van der Waals surface area (Å²) < 4.78 is 11.2. The van der Waals surface area contributed by atoms with Crippen molar-refractivity contribution in [2.75, 3.05) is 6.61 Å². The summed E-state index contributed by atoms with van der Waals surface area (Å²) in [6, 6.07) is 20.6. The van der Waals surface area contributed by atoms with Crippen molar-refractivity contribution in [3.05, 3.63) is 72.3 Å². The molecule has 0 aliphatic carbocycles. The van der Waals surface area contributed by atoms with E-state index >= 15 is 0 Å². The van der Waals surface area contributed by atoms with Gasteiger partial charge in [0.05, 0.1) is 12.2 Å². The molecule has 3 rings (SSSR count). The van der Waals surface area contributed by atoms with Crippen LogP contribution in [-0.2, 0) is 0 Å². The van der Waals surface area contributed by atoms with E-state index in [2.05, 4.69) is 13.8 Å². The van der Waals surface area contributed by atoms with Gasteiger partial charge < -0.3 is 9.47 Å². The third-order valence-electron chi connectivity index (χ3n) is 3.63. The lowest BCUT2D eigenvalue weighted by Gasteiger charge is -2.10. The minimum absolute atomic E-state index is 0.373. The zero-order valence-electron chi connectivity index (χ0n) is 13.9. The van der Waals surface area contributed by atoms with Gasteiger partial charge in [0.25, 0.3) is 0 Å². The second-order valence-electron chi connectivity index (χ2n) is 6.10. The molecule has 3 nitrogen and oxygen atoms in total. The molecule has 0 fully saturated rings. The molecular weight excluding hydrogens is 300 g/mol. The molecule has 3 aromatic carbocycles. The summed E-state index contributed by atoms with van der Waals surface area (Å²) in [7, 11) is 0. The Morgan fingerprint density at radius 2 is 1.62 bits per heavy atom. The summed E-state index contributed by atoms with van der Waals surface area (Å²) in [5.74, 6) is 1.41. The van der Waals surface area contributed by atoms with Crippen molar-refractivity contribution in [3.63, 3.8) is 0 Å². The minimum Gasteiger partial charge on any atom is -0.493 e. The lowest BCUT2D eigenvalue weighted by Crippen LogP contribution is -2.09. The van der Waals surface area contributed by atoms with E-state index < -0.39 is 0 Å². The van der Waals surface area contributed by atoms with Crippen molar-refractivity contribution in [2.45, 2.75) is 13.8 Å². The van der Waals surface area contributed by atoms with Crippen LogP contribution in [0.4, 0.5) is 0 Å². The second-order valence-corrected chi connectivity index (χ2v) is 6.10. The van der Waals surface area contributed by atoms with Crippen LogP contribution in [-0.4, -0.2) is 12.6 Å². The van der Waals surface area contributed by atoms with Crippen molar-refractivity contribution in [1.29, 1.82) is 0 Å². The van der Waals surface area contributed by atoms with Crippen LogP contribution in [0.3, 0.4) is 0 Å². The smallest absolute Gasteiger partial charge is 0.343 e. The molecule has 0 aliphatic heterocycles. The maximum absolute atomic E-state index is 12.4. The van der Waals surface area contributed by atoms with Crippen LogP contribution in [0.1, 0.15) is 24.2 Å². The molecule has 0 bridgehead atoms. The average molecular weight is 320 g/mol. The minimum atomic E-state index is -0.373. The normalized spacial score (nSPS) is 10.8. The fourth-order valence-corrected chi connectivity index (χ4v) is 2.39. The molecule has 0 heterocycles. The van der Waals surface area contributed by atoms with E-state index in [9.17, 15) is 4.79 Å². The summed E-state index contributed by atoms with van der Waals surface area (Å²) in [4.78, 5) is 12.4. The van der Waals surface area contributed by atoms with Crippen molar-refractivity contribution >= 4 is 16.7 Å². The zero-order chi connectivity index (χ0) is 16.9. The number of hydrogen-bond donors (Lipinski definition) is 0. The molecule has 0 radical (unpaired) electrons. The molecule has 0 saturated carbocycles. The van der Waals surface area contributed by atoms with Gasteiger partial charge in [0, 0.05) is 5.39 Å². The van der Waals surface area contributed by atoms with Crippen LogP contribution in [0.25, 0.3) is 10.8 Å². The first kappa shape index (κ1) is 16.1. The Labute approximate surface area is 141 Å². The highest BCUT2D eigenvalue weighted by molar-refractivity contribution is 5.95. The molecule has 0 unspecified atom stereocenters. The predicted octanol–water partition coefficient (Wildman–Crippen LogP) is 5.09. The Kier molecular flexibility index (Phi) is 4.80. The first-order chi connectivity index (χ1) is 11.6.